The number of piperazine rings is 1. The van der Waals surface area contributed by atoms with Crippen LogP contribution in [-0.2, 0) is 11.8 Å². The van der Waals surface area contributed by atoms with Gasteiger partial charge in [0.05, 0.1) is 4.92 Å². The smallest absolute Gasteiger partial charge is 0.294 e. The first-order valence-electron chi connectivity index (χ1n) is 10.7. The van der Waals surface area contributed by atoms with Gasteiger partial charge in [-0.05, 0) is 47.8 Å². The number of benzene rings is 1. The van der Waals surface area contributed by atoms with E-state index in [1.54, 1.807) is 25.4 Å². The summed E-state index contributed by atoms with van der Waals surface area (Å²) >= 11 is 3.27. The van der Waals surface area contributed by atoms with Crippen LogP contribution in [0, 0.1) is 10.1 Å². The molecule has 2 saturated heterocycles. The van der Waals surface area contributed by atoms with Gasteiger partial charge >= 0.3 is 0 Å². The first-order chi connectivity index (χ1) is 15.3. The second kappa shape index (κ2) is 9.55. The van der Waals surface area contributed by atoms with Crippen LogP contribution in [0.25, 0.3) is 0 Å². The van der Waals surface area contributed by atoms with E-state index in [-0.39, 0.29) is 28.0 Å². The Morgan fingerprint density at radius 3 is 2.72 bits per heavy atom. The van der Waals surface area contributed by atoms with Crippen LogP contribution in [0.15, 0.2) is 33.8 Å². The quantitative estimate of drug-likeness (QED) is 0.487. The van der Waals surface area contributed by atoms with Gasteiger partial charge in [0.1, 0.15) is 10.3 Å². The SMILES string of the molecule is C[C@H]1CN(C2CCOCC2)CCN1c1ccc(Nc2nc(Br)cn(C)c2=O)cc1[N+](=O)[O-]. The van der Waals surface area contributed by atoms with Crippen molar-refractivity contribution in [3.8, 4) is 0 Å². The molecule has 0 aliphatic carbocycles. The largest absolute Gasteiger partial charge is 0.381 e. The van der Waals surface area contributed by atoms with Crippen molar-refractivity contribution in [1.82, 2.24) is 14.5 Å². The molecule has 1 aromatic carbocycles. The normalized spacial score (nSPS) is 20.3. The molecule has 1 atom stereocenters. The van der Waals surface area contributed by atoms with E-state index in [2.05, 4.69) is 43.0 Å². The minimum Gasteiger partial charge on any atom is -0.381 e. The van der Waals surface area contributed by atoms with Crippen LogP contribution in [0.5, 0.6) is 0 Å². The molecule has 0 spiro atoms. The van der Waals surface area contributed by atoms with Crippen LogP contribution >= 0.6 is 15.9 Å². The van der Waals surface area contributed by atoms with Crippen molar-refractivity contribution in [3.63, 3.8) is 0 Å². The van der Waals surface area contributed by atoms with Gasteiger partial charge in [0.2, 0.25) is 0 Å². The third kappa shape index (κ3) is 4.79. The third-order valence-electron chi connectivity index (χ3n) is 6.15. The maximum Gasteiger partial charge on any atom is 0.294 e. The Morgan fingerprint density at radius 2 is 2.03 bits per heavy atom. The molecule has 2 aliphatic heterocycles. The van der Waals surface area contributed by atoms with Crippen LogP contribution in [0.1, 0.15) is 19.8 Å². The van der Waals surface area contributed by atoms with Gasteiger partial charge in [0, 0.05) is 69.9 Å². The Bertz CT molecular complexity index is 1060. The van der Waals surface area contributed by atoms with Gasteiger partial charge < -0.3 is 19.5 Å². The average Bonchev–Trinajstić information content (AvgIpc) is 2.78. The van der Waals surface area contributed by atoms with Crippen molar-refractivity contribution in [1.29, 1.82) is 0 Å². The fourth-order valence-corrected chi connectivity index (χ4v) is 4.99. The molecular formula is C21H27BrN6O4. The van der Waals surface area contributed by atoms with Gasteiger partial charge in [-0.3, -0.25) is 19.8 Å². The Kier molecular flexibility index (Phi) is 6.77. The lowest BCUT2D eigenvalue weighted by molar-refractivity contribution is -0.384. The molecule has 10 nitrogen and oxygen atoms in total. The van der Waals surface area contributed by atoms with E-state index in [0.717, 1.165) is 45.7 Å². The highest BCUT2D eigenvalue weighted by molar-refractivity contribution is 9.10. The van der Waals surface area contributed by atoms with Gasteiger partial charge in [-0.15, -0.1) is 0 Å². The molecule has 3 heterocycles. The molecule has 0 bridgehead atoms. The Hall–Kier alpha value is -2.50. The summed E-state index contributed by atoms with van der Waals surface area (Å²) in [5, 5.41) is 14.8. The van der Waals surface area contributed by atoms with E-state index in [9.17, 15) is 14.9 Å². The van der Waals surface area contributed by atoms with Crippen LogP contribution in [0.4, 0.5) is 22.9 Å². The second-order valence-electron chi connectivity index (χ2n) is 8.29. The van der Waals surface area contributed by atoms with E-state index in [4.69, 9.17) is 4.74 Å². The minimum atomic E-state index is -0.371. The Morgan fingerprint density at radius 1 is 1.28 bits per heavy atom. The molecule has 4 rings (SSSR count). The number of ether oxygens (including phenoxy) is 1. The second-order valence-corrected chi connectivity index (χ2v) is 9.11. The summed E-state index contributed by atoms with van der Waals surface area (Å²) in [6.45, 7) is 6.16. The van der Waals surface area contributed by atoms with Gasteiger partial charge in [0.25, 0.3) is 11.2 Å². The molecule has 2 fully saturated rings. The Labute approximate surface area is 194 Å². The highest BCUT2D eigenvalue weighted by atomic mass is 79.9. The summed E-state index contributed by atoms with van der Waals surface area (Å²) in [6.07, 6.45) is 3.63. The van der Waals surface area contributed by atoms with E-state index in [1.165, 1.54) is 10.6 Å². The lowest BCUT2D eigenvalue weighted by Crippen LogP contribution is -2.56. The first-order valence-corrected chi connectivity index (χ1v) is 11.5. The highest BCUT2D eigenvalue weighted by Gasteiger charge is 2.32. The number of nitrogens with one attached hydrogen (secondary N) is 1. The van der Waals surface area contributed by atoms with Crippen molar-refractivity contribution in [2.24, 2.45) is 7.05 Å². The van der Waals surface area contributed by atoms with E-state index >= 15 is 0 Å². The molecule has 2 aromatic rings. The molecule has 1 N–H and O–H groups in total. The predicted octanol–water partition coefficient (Wildman–Crippen LogP) is 2.88. The number of nitro groups is 1. The molecule has 0 saturated carbocycles. The lowest BCUT2D eigenvalue weighted by atomic mass is 10.0. The van der Waals surface area contributed by atoms with Crippen molar-refractivity contribution < 1.29 is 9.66 Å². The number of anilines is 3. The number of aromatic nitrogens is 2. The van der Waals surface area contributed by atoms with E-state index in [1.807, 2.05) is 0 Å². The molecule has 172 valence electrons. The molecule has 1 aromatic heterocycles. The standard InChI is InChI=1S/C21H27BrN6O4/c1-14-12-26(16-5-9-32-10-6-16)7-8-27(14)17-4-3-15(11-18(17)28(30)31)23-20-21(29)25(2)13-19(22)24-20/h3-4,11,13-14,16H,5-10,12H2,1-2H3,(H,23,24)/t14-/m0/s1. The summed E-state index contributed by atoms with van der Waals surface area (Å²) in [7, 11) is 1.62. The minimum absolute atomic E-state index is 0.00758. The zero-order valence-corrected chi connectivity index (χ0v) is 19.7. The molecule has 0 unspecified atom stereocenters. The van der Waals surface area contributed by atoms with E-state index < -0.39 is 0 Å². The summed E-state index contributed by atoms with van der Waals surface area (Å²) in [5.74, 6) is 0.0994. The van der Waals surface area contributed by atoms with Crippen LogP contribution in [-0.4, -0.2) is 64.3 Å². The maximum atomic E-state index is 12.3. The summed E-state index contributed by atoms with van der Waals surface area (Å²) < 4.78 is 7.36. The molecular weight excluding hydrogens is 480 g/mol. The molecule has 0 amide bonds. The van der Waals surface area contributed by atoms with Crippen LogP contribution < -0.4 is 15.8 Å². The number of hydrogen-bond donors (Lipinski definition) is 1. The fraction of sp³-hybridized carbons (Fsp3) is 0.524. The van der Waals surface area contributed by atoms with Crippen molar-refractivity contribution in [3.05, 3.63) is 49.5 Å². The molecule has 11 heteroatoms. The summed E-state index contributed by atoms with van der Waals surface area (Å²) in [6, 6.07) is 5.64. The molecule has 2 aliphatic rings. The van der Waals surface area contributed by atoms with Crippen LogP contribution in [0.3, 0.4) is 0 Å². The van der Waals surface area contributed by atoms with Gasteiger partial charge in [-0.1, -0.05) is 0 Å². The lowest BCUT2D eigenvalue weighted by Gasteiger charge is -2.45. The molecule has 0 radical (unpaired) electrons. The zero-order chi connectivity index (χ0) is 22.8. The van der Waals surface area contributed by atoms with Gasteiger partial charge in [0.15, 0.2) is 5.82 Å². The number of rotatable bonds is 5. The van der Waals surface area contributed by atoms with Gasteiger partial charge in [-0.25, -0.2) is 4.98 Å². The van der Waals surface area contributed by atoms with Crippen LogP contribution in [0.2, 0.25) is 0 Å². The topological polar surface area (TPSA) is 106 Å². The van der Waals surface area contributed by atoms with Crippen molar-refractivity contribution in [2.75, 3.05) is 43.1 Å². The number of nitrogens with zero attached hydrogens (tertiary/aromatic N) is 5. The number of nitro benzene ring substituents is 1. The first kappa shape index (κ1) is 22.7. The zero-order valence-electron chi connectivity index (χ0n) is 18.2. The van der Waals surface area contributed by atoms with E-state index in [0.29, 0.717) is 22.0 Å². The Balaban J connectivity index is 1.55. The predicted molar refractivity (Wildman–Crippen MR) is 126 cm³/mol. The molecule has 32 heavy (non-hydrogen) atoms. The fourth-order valence-electron chi connectivity index (χ4n) is 4.50. The van der Waals surface area contributed by atoms with Crippen molar-refractivity contribution in [2.45, 2.75) is 31.8 Å². The number of hydrogen-bond acceptors (Lipinski definition) is 8. The maximum absolute atomic E-state index is 12.3. The monoisotopic (exact) mass is 506 g/mol. The number of halogens is 1. The number of aryl methyl sites for hydroxylation is 1. The van der Waals surface area contributed by atoms with Crippen molar-refractivity contribution >= 4 is 38.8 Å². The summed E-state index contributed by atoms with van der Waals surface area (Å²) in [4.78, 5) is 32.6. The average molecular weight is 507 g/mol. The van der Waals surface area contributed by atoms with Gasteiger partial charge in [-0.2, -0.15) is 0 Å². The third-order valence-corrected chi connectivity index (χ3v) is 6.53. The summed E-state index contributed by atoms with van der Waals surface area (Å²) in [5.41, 5.74) is 0.720. The highest BCUT2D eigenvalue weighted by Crippen LogP contribution is 2.34.